The van der Waals surface area contributed by atoms with Gasteiger partial charge in [-0.25, -0.2) is 0 Å². The van der Waals surface area contributed by atoms with E-state index in [1.807, 2.05) is 36.4 Å². The molecule has 0 bridgehead atoms. The Balaban J connectivity index is 2.11. The van der Waals surface area contributed by atoms with Gasteiger partial charge in [0.1, 0.15) is 5.76 Å². The number of amides is 1. The Hall–Kier alpha value is -1.75. The Morgan fingerprint density at radius 3 is 2.71 bits per heavy atom. The van der Waals surface area contributed by atoms with Gasteiger partial charge in [0.2, 0.25) is 0 Å². The van der Waals surface area contributed by atoms with E-state index < -0.39 is 0 Å². The molecular weight excluding hydrogens is 332 g/mol. The van der Waals surface area contributed by atoms with Crippen LogP contribution >= 0.6 is 15.9 Å². The fraction of sp³-hybridized carbons (Fsp3) is 0.312. The summed E-state index contributed by atoms with van der Waals surface area (Å²) in [6.45, 7) is 3.38. The van der Waals surface area contributed by atoms with Crippen molar-refractivity contribution in [1.82, 2.24) is 4.90 Å². The molecule has 0 aliphatic rings. The Labute approximate surface area is 133 Å². The minimum atomic E-state index is -0.0262. The van der Waals surface area contributed by atoms with E-state index in [1.165, 1.54) is 0 Å². The van der Waals surface area contributed by atoms with Crippen LogP contribution in [0.15, 0.2) is 45.5 Å². The summed E-state index contributed by atoms with van der Waals surface area (Å²) in [5, 5.41) is 3.29. The zero-order valence-electron chi connectivity index (χ0n) is 12.2. The van der Waals surface area contributed by atoms with Gasteiger partial charge in [-0.2, -0.15) is 0 Å². The monoisotopic (exact) mass is 350 g/mol. The molecule has 112 valence electrons. The molecule has 2 rings (SSSR count). The van der Waals surface area contributed by atoms with E-state index in [0.717, 1.165) is 24.4 Å². The van der Waals surface area contributed by atoms with Gasteiger partial charge >= 0.3 is 0 Å². The number of furan rings is 1. The van der Waals surface area contributed by atoms with E-state index in [-0.39, 0.29) is 5.91 Å². The first-order valence-corrected chi connectivity index (χ1v) is 7.73. The summed E-state index contributed by atoms with van der Waals surface area (Å²) in [5.74, 6) is 0.721. The third kappa shape index (κ3) is 4.11. The van der Waals surface area contributed by atoms with Crippen molar-refractivity contribution in [2.45, 2.75) is 19.9 Å². The predicted molar refractivity (Wildman–Crippen MR) is 87.4 cm³/mol. The SMILES string of the molecule is CCCNc1ccccc1C(=O)N(C)Cc1ccc(Br)o1. The first-order chi connectivity index (χ1) is 10.1. The molecule has 1 heterocycles. The fourth-order valence-electron chi connectivity index (χ4n) is 2.03. The van der Waals surface area contributed by atoms with E-state index >= 15 is 0 Å². The van der Waals surface area contributed by atoms with E-state index in [4.69, 9.17) is 4.42 Å². The highest BCUT2D eigenvalue weighted by molar-refractivity contribution is 9.10. The highest BCUT2D eigenvalue weighted by Crippen LogP contribution is 2.19. The number of anilines is 1. The lowest BCUT2D eigenvalue weighted by atomic mass is 10.1. The Kier molecular flexibility index (Phi) is 5.44. The van der Waals surface area contributed by atoms with Crippen molar-refractivity contribution in [3.63, 3.8) is 0 Å². The number of nitrogens with one attached hydrogen (secondary N) is 1. The normalized spacial score (nSPS) is 10.4. The Bertz CT molecular complexity index is 610. The number of hydrogen-bond acceptors (Lipinski definition) is 3. The average Bonchev–Trinajstić information content (AvgIpc) is 2.89. The van der Waals surface area contributed by atoms with Crippen molar-refractivity contribution in [1.29, 1.82) is 0 Å². The minimum absolute atomic E-state index is 0.0262. The van der Waals surface area contributed by atoms with E-state index in [0.29, 0.717) is 16.8 Å². The van der Waals surface area contributed by atoms with Gasteiger partial charge in [0.05, 0.1) is 12.1 Å². The van der Waals surface area contributed by atoms with Crippen LogP contribution in [-0.4, -0.2) is 24.4 Å². The summed E-state index contributed by atoms with van der Waals surface area (Å²) in [7, 11) is 1.77. The molecule has 0 saturated carbocycles. The standard InChI is InChI=1S/C16H19BrN2O2/c1-3-10-18-14-7-5-4-6-13(14)16(20)19(2)11-12-8-9-15(17)21-12/h4-9,18H,3,10-11H2,1-2H3. The van der Waals surface area contributed by atoms with Crippen molar-refractivity contribution in [3.8, 4) is 0 Å². The van der Waals surface area contributed by atoms with Gasteiger partial charge in [-0.3, -0.25) is 4.79 Å². The number of carbonyl (C=O) groups is 1. The van der Waals surface area contributed by atoms with Gasteiger partial charge in [-0.15, -0.1) is 0 Å². The molecule has 5 heteroatoms. The van der Waals surface area contributed by atoms with Gasteiger partial charge in [0.15, 0.2) is 4.67 Å². The molecule has 0 fully saturated rings. The molecule has 1 amide bonds. The van der Waals surface area contributed by atoms with Crippen LogP contribution in [0, 0.1) is 0 Å². The van der Waals surface area contributed by atoms with Crippen molar-refractivity contribution >= 4 is 27.5 Å². The first-order valence-electron chi connectivity index (χ1n) is 6.94. The average molecular weight is 351 g/mol. The van der Waals surface area contributed by atoms with Crippen LogP contribution in [0.5, 0.6) is 0 Å². The molecule has 4 nitrogen and oxygen atoms in total. The quantitative estimate of drug-likeness (QED) is 0.851. The van der Waals surface area contributed by atoms with Crippen molar-refractivity contribution in [2.24, 2.45) is 0 Å². The largest absolute Gasteiger partial charge is 0.452 e. The summed E-state index contributed by atoms with van der Waals surface area (Å²) in [5.41, 5.74) is 1.55. The predicted octanol–water partition coefficient (Wildman–Crippen LogP) is 4.14. The number of carbonyl (C=O) groups excluding carboxylic acids is 1. The van der Waals surface area contributed by atoms with Gasteiger partial charge in [-0.05, 0) is 46.6 Å². The molecule has 1 aromatic carbocycles. The van der Waals surface area contributed by atoms with Crippen LogP contribution in [0.1, 0.15) is 29.5 Å². The third-order valence-corrected chi connectivity index (χ3v) is 3.52. The smallest absolute Gasteiger partial charge is 0.256 e. The molecule has 0 spiro atoms. The summed E-state index contributed by atoms with van der Waals surface area (Å²) in [4.78, 5) is 14.2. The van der Waals surface area contributed by atoms with Crippen molar-refractivity contribution < 1.29 is 9.21 Å². The molecule has 1 N–H and O–H groups in total. The van der Waals surface area contributed by atoms with Crippen LogP contribution in [0.25, 0.3) is 0 Å². The molecule has 0 radical (unpaired) electrons. The second-order valence-electron chi connectivity index (χ2n) is 4.84. The van der Waals surface area contributed by atoms with Crippen LogP contribution < -0.4 is 5.32 Å². The van der Waals surface area contributed by atoms with E-state index in [1.54, 1.807) is 11.9 Å². The summed E-state index contributed by atoms with van der Waals surface area (Å²) in [6, 6.07) is 11.3. The molecule has 0 atom stereocenters. The molecular formula is C16H19BrN2O2. The van der Waals surface area contributed by atoms with Crippen LogP contribution in [0.4, 0.5) is 5.69 Å². The zero-order valence-corrected chi connectivity index (χ0v) is 13.8. The fourth-order valence-corrected chi connectivity index (χ4v) is 2.37. The van der Waals surface area contributed by atoms with Crippen molar-refractivity contribution in [3.05, 3.63) is 52.4 Å². The molecule has 0 unspecified atom stereocenters. The first kappa shape index (κ1) is 15.6. The topological polar surface area (TPSA) is 45.5 Å². The lowest BCUT2D eigenvalue weighted by molar-refractivity contribution is 0.0776. The molecule has 1 aromatic heterocycles. The number of hydrogen-bond donors (Lipinski definition) is 1. The number of rotatable bonds is 6. The van der Waals surface area contributed by atoms with E-state index in [2.05, 4.69) is 28.2 Å². The van der Waals surface area contributed by atoms with Gasteiger partial charge in [0, 0.05) is 19.3 Å². The third-order valence-electron chi connectivity index (χ3n) is 3.09. The summed E-state index contributed by atoms with van der Waals surface area (Å²) >= 11 is 3.26. The van der Waals surface area contributed by atoms with Gasteiger partial charge < -0.3 is 14.6 Å². The molecule has 21 heavy (non-hydrogen) atoms. The second-order valence-corrected chi connectivity index (χ2v) is 5.62. The molecule has 0 saturated heterocycles. The van der Waals surface area contributed by atoms with Crippen molar-refractivity contribution in [2.75, 3.05) is 18.9 Å². The van der Waals surface area contributed by atoms with Gasteiger partial charge in [-0.1, -0.05) is 19.1 Å². The number of para-hydroxylation sites is 1. The highest BCUT2D eigenvalue weighted by atomic mass is 79.9. The van der Waals surface area contributed by atoms with E-state index in [9.17, 15) is 4.79 Å². The maximum atomic E-state index is 12.6. The highest BCUT2D eigenvalue weighted by Gasteiger charge is 2.16. The maximum Gasteiger partial charge on any atom is 0.256 e. The zero-order chi connectivity index (χ0) is 15.2. The van der Waals surface area contributed by atoms with Crippen LogP contribution in [0.2, 0.25) is 0 Å². The Morgan fingerprint density at radius 1 is 1.29 bits per heavy atom. The molecule has 0 aliphatic heterocycles. The van der Waals surface area contributed by atoms with Crippen LogP contribution in [-0.2, 0) is 6.54 Å². The van der Waals surface area contributed by atoms with Crippen LogP contribution in [0.3, 0.4) is 0 Å². The maximum absolute atomic E-state index is 12.6. The lowest BCUT2D eigenvalue weighted by Crippen LogP contribution is -2.26. The Morgan fingerprint density at radius 2 is 2.05 bits per heavy atom. The summed E-state index contributed by atoms with van der Waals surface area (Å²) in [6.07, 6.45) is 1.01. The molecule has 0 aliphatic carbocycles. The molecule has 2 aromatic rings. The number of halogens is 1. The second kappa shape index (κ2) is 7.31. The lowest BCUT2D eigenvalue weighted by Gasteiger charge is -2.18. The number of benzene rings is 1. The minimum Gasteiger partial charge on any atom is -0.452 e. The number of nitrogens with zero attached hydrogens (tertiary/aromatic N) is 1. The summed E-state index contributed by atoms with van der Waals surface area (Å²) < 4.78 is 6.11. The van der Waals surface area contributed by atoms with Gasteiger partial charge in [0.25, 0.3) is 5.91 Å².